The van der Waals surface area contributed by atoms with Crippen LogP contribution in [0.15, 0.2) is 53.5 Å². The molecule has 2 aromatic carbocycles. The maximum atomic E-state index is 11.9. The molecule has 0 aliphatic rings. The molecule has 0 aliphatic carbocycles. The lowest BCUT2D eigenvalue weighted by atomic mass is 10.1. The summed E-state index contributed by atoms with van der Waals surface area (Å²) in [5, 5.41) is 3.04. The predicted octanol–water partition coefficient (Wildman–Crippen LogP) is 3.37. The summed E-state index contributed by atoms with van der Waals surface area (Å²) in [6, 6.07) is 15.1. The molecule has 0 saturated carbocycles. The number of aryl methyl sites for hydroxylation is 1. The van der Waals surface area contributed by atoms with E-state index < -0.39 is 10.0 Å². The van der Waals surface area contributed by atoms with Gasteiger partial charge >= 0.3 is 0 Å². The van der Waals surface area contributed by atoms with Gasteiger partial charge in [-0.2, -0.15) is 0 Å². The summed E-state index contributed by atoms with van der Waals surface area (Å²) in [4.78, 5) is 4.31. The third kappa shape index (κ3) is 8.72. The van der Waals surface area contributed by atoms with Crippen LogP contribution < -0.4 is 15.8 Å². The van der Waals surface area contributed by atoms with Crippen LogP contribution in [0.3, 0.4) is 0 Å². The number of aliphatic imine (C=N–C) groups is 1. The van der Waals surface area contributed by atoms with Gasteiger partial charge in [-0.3, -0.25) is 0 Å². The van der Waals surface area contributed by atoms with E-state index in [0.29, 0.717) is 12.5 Å². The Morgan fingerprint density at radius 3 is 2.15 bits per heavy atom. The van der Waals surface area contributed by atoms with Crippen molar-refractivity contribution in [1.29, 1.82) is 0 Å². The molecule has 0 unspecified atom stereocenters. The first kappa shape index (κ1) is 23.4. The van der Waals surface area contributed by atoms with E-state index in [9.17, 15) is 8.42 Å². The molecule has 0 aliphatic heterocycles. The van der Waals surface area contributed by atoms with E-state index in [4.69, 9.17) is 5.73 Å². The standard InChI is InChI=1S/C19H26N4O2S.HI/c1-14(2)23-26(24,25)13-17-8-6-16(7-9-17)12-21-19(20)22-18-10-4-15(3)5-11-18;/h4-11,14,23H,12-13H2,1-3H3,(H3,20,21,22);1H. The number of sulfonamides is 1. The Labute approximate surface area is 178 Å². The molecule has 2 rings (SSSR count). The Bertz CT molecular complexity index is 848. The summed E-state index contributed by atoms with van der Waals surface area (Å²) in [7, 11) is -3.32. The lowest BCUT2D eigenvalue weighted by Gasteiger charge is -2.10. The molecule has 4 N–H and O–H groups in total. The minimum absolute atomic E-state index is 0. The minimum atomic E-state index is -3.32. The van der Waals surface area contributed by atoms with Crippen LogP contribution in [0.4, 0.5) is 5.69 Å². The van der Waals surface area contributed by atoms with Gasteiger partial charge in [0.05, 0.1) is 12.3 Å². The number of nitrogens with one attached hydrogen (secondary N) is 2. The SMILES string of the molecule is Cc1ccc(NC(N)=NCc2ccc(CS(=O)(=O)NC(C)C)cc2)cc1.I. The highest BCUT2D eigenvalue weighted by atomic mass is 127. The summed E-state index contributed by atoms with van der Waals surface area (Å²) < 4.78 is 26.5. The molecule has 0 amide bonds. The van der Waals surface area contributed by atoms with Crippen LogP contribution in [0.2, 0.25) is 0 Å². The number of anilines is 1. The number of nitrogens with zero attached hydrogens (tertiary/aromatic N) is 1. The first-order valence-electron chi connectivity index (χ1n) is 8.45. The molecule has 0 radical (unpaired) electrons. The van der Waals surface area contributed by atoms with Crippen LogP contribution >= 0.6 is 24.0 Å². The maximum absolute atomic E-state index is 11.9. The third-order valence-electron chi connectivity index (χ3n) is 3.55. The van der Waals surface area contributed by atoms with Crippen LogP contribution in [0.5, 0.6) is 0 Å². The second kappa shape index (κ2) is 10.6. The zero-order chi connectivity index (χ0) is 19.2. The first-order valence-corrected chi connectivity index (χ1v) is 10.1. The molecule has 148 valence electrons. The third-order valence-corrected chi connectivity index (χ3v) is 5.09. The molecule has 2 aromatic rings. The summed E-state index contributed by atoms with van der Waals surface area (Å²) >= 11 is 0. The Morgan fingerprint density at radius 2 is 1.59 bits per heavy atom. The van der Waals surface area contributed by atoms with Crippen LogP contribution in [-0.2, 0) is 22.3 Å². The molecule has 0 heterocycles. The Kier molecular flexibility index (Phi) is 9.20. The lowest BCUT2D eigenvalue weighted by Crippen LogP contribution is -2.31. The zero-order valence-electron chi connectivity index (χ0n) is 15.8. The molecular formula is C19H27IN4O2S. The second-order valence-corrected chi connectivity index (χ2v) is 8.29. The average Bonchev–Trinajstić information content (AvgIpc) is 2.55. The van der Waals surface area contributed by atoms with E-state index in [-0.39, 0.29) is 35.8 Å². The monoisotopic (exact) mass is 502 g/mol. The van der Waals surface area contributed by atoms with Crippen molar-refractivity contribution in [2.24, 2.45) is 10.7 Å². The van der Waals surface area contributed by atoms with Crippen LogP contribution in [0, 0.1) is 6.92 Å². The molecule has 8 heteroatoms. The van der Waals surface area contributed by atoms with E-state index >= 15 is 0 Å². The minimum Gasteiger partial charge on any atom is -0.370 e. The van der Waals surface area contributed by atoms with Gasteiger partial charge in [0.2, 0.25) is 10.0 Å². The molecule has 0 atom stereocenters. The molecule has 0 fully saturated rings. The fraction of sp³-hybridized carbons (Fsp3) is 0.316. The van der Waals surface area contributed by atoms with E-state index in [2.05, 4.69) is 15.0 Å². The highest BCUT2D eigenvalue weighted by Crippen LogP contribution is 2.10. The van der Waals surface area contributed by atoms with Crippen LogP contribution in [-0.4, -0.2) is 20.4 Å². The van der Waals surface area contributed by atoms with Crippen molar-refractivity contribution in [3.63, 3.8) is 0 Å². The van der Waals surface area contributed by atoms with Crippen molar-refractivity contribution in [2.75, 3.05) is 5.32 Å². The Hall–Kier alpha value is -1.65. The van der Waals surface area contributed by atoms with Gasteiger partial charge in [0.25, 0.3) is 0 Å². The number of halogens is 1. The molecule has 0 bridgehead atoms. The largest absolute Gasteiger partial charge is 0.370 e. The summed E-state index contributed by atoms with van der Waals surface area (Å²) in [6.07, 6.45) is 0. The van der Waals surface area contributed by atoms with Crippen molar-refractivity contribution < 1.29 is 8.42 Å². The number of hydrogen-bond acceptors (Lipinski definition) is 3. The molecule has 27 heavy (non-hydrogen) atoms. The van der Waals surface area contributed by atoms with E-state index in [0.717, 1.165) is 16.8 Å². The van der Waals surface area contributed by atoms with Gasteiger partial charge in [0.15, 0.2) is 5.96 Å². The van der Waals surface area contributed by atoms with Gasteiger partial charge in [-0.1, -0.05) is 42.0 Å². The van der Waals surface area contributed by atoms with E-state index in [1.807, 2.05) is 43.3 Å². The van der Waals surface area contributed by atoms with Gasteiger partial charge in [-0.15, -0.1) is 24.0 Å². The highest BCUT2D eigenvalue weighted by molar-refractivity contribution is 14.0. The quantitative estimate of drug-likeness (QED) is 0.307. The molecule has 6 nitrogen and oxygen atoms in total. The molecule has 0 saturated heterocycles. The number of hydrogen-bond donors (Lipinski definition) is 3. The average molecular weight is 502 g/mol. The van der Waals surface area contributed by atoms with Crippen molar-refractivity contribution >= 4 is 45.6 Å². The van der Waals surface area contributed by atoms with Crippen molar-refractivity contribution in [2.45, 2.75) is 39.1 Å². The summed E-state index contributed by atoms with van der Waals surface area (Å²) in [5.41, 5.74) is 9.65. The topological polar surface area (TPSA) is 96.6 Å². The second-order valence-electron chi connectivity index (χ2n) is 6.54. The Balaban J connectivity index is 0.00000364. The smallest absolute Gasteiger partial charge is 0.216 e. The fourth-order valence-corrected chi connectivity index (χ4v) is 3.79. The van der Waals surface area contributed by atoms with Gasteiger partial charge in [-0.25, -0.2) is 18.1 Å². The Morgan fingerprint density at radius 1 is 1.04 bits per heavy atom. The predicted molar refractivity (Wildman–Crippen MR) is 123 cm³/mol. The molecule has 0 spiro atoms. The van der Waals surface area contributed by atoms with Crippen molar-refractivity contribution in [1.82, 2.24) is 4.72 Å². The van der Waals surface area contributed by atoms with Crippen molar-refractivity contribution in [3.05, 3.63) is 65.2 Å². The van der Waals surface area contributed by atoms with E-state index in [1.165, 1.54) is 5.56 Å². The van der Waals surface area contributed by atoms with Crippen LogP contribution in [0.1, 0.15) is 30.5 Å². The molecule has 0 aromatic heterocycles. The van der Waals surface area contributed by atoms with Gasteiger partial charge in [0.1, 0.15) is 0 Å². The van der Waals surface area contributed by atoms with E-state index in [1.54, 1.807) is 26.0 Å². The highest BCUT2D eigenvalue weighted by Gasteiger charge is 2.12. The van der Waals surface area contributed by atoms with Gasteiger partial charge in [-0.05, 0) is 44.0 Å². The van der Waals surface area contributed by atoms with Gasteiger partial charge < -0.3 is 11.1 Å². The number of benzene rings is 2. The van der Waals surface area contributed by atoms with Crippen molar-refractivity contribution in [3.8, 4) is 0 Å². The first-order chi connectivity index (χ1) is 12.2. The zero-order valence-corrected chi connectivity index (χ0v) is 18.9. The number of nitrogens with two attached hydrogens (primary N) is 1. The normalized spacial score (nSPS) is 11.9. The lowest BCUT2D eigenvalue weighted by molar-refractivity contribution is 0.569. The summed E-state index contributed by atoms with van der Waals surface area (Å²) in [6.45, 7) is 6.04. The molecular weight excluding hydrogens is 475 g/mol. The fourth-order valence-electron chi connectivity index (χ4n) is 2.36. The van der Waals surface area contributed by atoms with Gasteiger partial charge in [0, 0.05) is 11.7 Å². The summed E-state index contributed by atoms with van der Waals surface area (Å²) in [5.74, 6) is 0.299. The number of rotatable bonds is 7. The maximum Gasteiger partial charge on any atom is 0.216 e. The van der Waals surface area contributed by atoms with Crippen LogP contribution in [0.25, 0.3) is 0 Å². The number of guanidine groups is 1.